The monoisotopic (exact) mass is 672 g/mol. The highest BCUT2D eigenvalue weighted by Gasteiger charge is 2.39. The summed E-state index contributed by atoms with van der Waals surface area (Å²) in [5.74, 6) is 3.39. The van der Waals surface area contributed by atoms with Crippen molar-refractivity contribution in [3.63, 3.8) is 0 Å². The second-order valence-electron chi connectivity index (χ2n) is 13.5. The molecule has 0 radical (unpaired) electrons. The molecule has 0 aliphatic heterocycles. The van der Waals surface area contributed by atoms with Gasteiger partial charge in [0.2, 0.25) is 5.91 Å². The number of nitrogens with two attached hydrogens (primary N) is 1. The predicted octanol–water partition coefficient (Wildman–Crippen LogP) is 3.76. The third-order valence-electron chi connectivity index (χ3n) is 7.31. The van der Waals surface area contributed by atoms with E-state index >= 15 is 0 Å². The summed E-state index contributed by atoms with van der Waals surface area (Å²) >= 11 is 0. The molecule has 14 heteroatoms. The van der Waals surface area contributed by atoms with E-state index < -0.39 is 65.9 Å². The lowest BCUT2D eigenvalue weighted by molar-refractivity contribution is -0.141. The van der Waals surface area contributed by atoms with E-state index in [2.05, 4.69) is 5.32 Å². The molecule has 0 saturated heterocycles. The minimum absolute atomic E-state index is 0.0742. The van der Waals surface area contributed by atoms with Gasteiger partial charge in [-0.25, -0.2) is 24.4 Å². The SMILES string of the molecule is CC(C)(C)OC(=O)N[C@@H](CCN(C(=O)CO)[C@@H](c1nc(-c2cc(F)ccc2F)cn1Cc1ccccc1)C(C)(C)C)C(=O)N(N)CCO. The van der Waals surface area contributed by atoms with Gasteiger partial charge in [-0.15, -0.1) is 0 Å². The van der Waals surface area contributed by atoms with Crippen LogP contribution in [0.4, 0.5) is 13.6 Å². The number of nitrogens with zero attached hydrogens (tertiary/aromatic N) is 4. The summed E-state index contributed by atoms with van der Waals surface area (Å²) < 4.78 is 36.3. The minimum atomic E-state index is -1.29. The fraction of sp³-hybridized carbons (Fsp3) is 0.471. The molecule has 0 bridgehead atoms. The van der Waals surface area contributed by atoms with Gasteiger partial charge in [0, 0.05) is 24.8 Å². The summed E-state index contributed by atoms with van der Waals surface area (Å²) in [5, 5.41) is 22.7. The highest BCUT2D eigenvalue weighted by atomic mass is 19.1. The molecular weight excluding hydrogens is 626 g/mol. The van der Waals surface area contributed by atoms with Gasteiger partial charge in [-0.2, -0.15) is 0 Å². The molecule has 2 atom stereocenters. The van der Waals surface area contributed by atoms with E-state index in [-0.39, 0.29) is 37.3 Å². The summed E-state index contributed by atoms with van der Waals surface area (Å²) in [7, 11) is 0. The predicted molar refractivity (Wildman–Crippen MR) is 175 cm³/mol. The normalized spacial score (nSPS) is 13.1. The van der Waals surface area contributed by atoms with Crippen LogP contribution in [0.3, 0.4) is 0 Å². The summed E-state index contributed by atoms with van der Waals surface area (Å²) in [5.41, 5.74) is -0.719. The van der Waals surface area contributed by atoms with Crippen molar-refractivity contribution in [2.45, 2.75) is 72.2 Å². The van der Waals surface area contributed by atoms with Gasteiger partial charge >= 0.3 is 6.09 Å². The molecule has 3 amide bonds. The van der Waals surface area contributed by atoms with Gasteiger partial charge in [-0.1, -0.05) is 51.1 Å². The van der Waals surface area contributed by atoms with Crippen LogP contribution in [0.1, 0.15) is 65.4 Å². The molecule has 0 unspecified atom stereocenters. The van der Waals surface area contributed by atoms with Crippen molar-refractivity contribution in [2.24, 2.45) is 11.3 Å². The average molecular weight is 673 g/mol. The minimum Gasteiger partial charge on any atom is -0.444 e. The molecule has 1 aromatic heterocycles. The molecule has 262 valence electrons. The summed E-state index contributed by atoms with van der Waals surface area (Å²) in [6.45, 7) is 9.07. The van der Waals surface area contributed by atoms with E-state index in [1.807, 2.05) is 51.1 Å². The Morgan fingerprint density at radius 3 is 2.27 bits per heavy atom. The smallest absolute Gasteiger partial charge is 0.408 e. The highest BCUT2D eigenvalue weighted by molar-refractivity contribution is 5.85. The van der Waals surface area contributed by atoms with Crippen molar-refractivity contribution < 1.29 is 38.1 Å². The quantitative estimate of drug-likeness (QED) is 0.121. The number of rotatable bonds is 13. The Kier molecular flexibility index (Phi) is 12.8. The summed E-state index contributed by atoms with van der Waals surface area (Å²) in [6, 6.07) is 10.2. The standard InChI is InChI=1S/C34H46F2N6O6/c1-33(2,3)29(30-38-27(24-18-23(35)12-13-25(24)36)20-40(30)19-22-10-8-7-9-11-22)41(28(45)21-44)15-14-26(31(46)42(37)16-17-43)39-32(47)48-34(4,5)6/h7-13,18,20,26,29,43-44H,14-17,19,21,37H2,1-6H3,(H,39,47)/t26-,29-/m0/s1. The van der Waals surface area contributed by atoms with E-state index in [1.54, 1.807) is 31.5 Å². The first kappa shape index (κ1) is 38.1. The van der Waals surface area contributed by atoms with Crippen molar-refractivity contribution in [1.82, 2.24) is 24.8 Å². The van der Waals surface area contributed by atoms with E-state index in [9.17, 15) is 33.4 Å². The summed E-state index contributed by atoms with van der Waals surface area (Å²) in [4.78, 5) is 45.6. The van der Waals surface area contributed by atoms with Crippen LogP contribution in [0, 0.1) is 17.0 Å². The number of aliphatic hydroxyl groups is 2. The Bertz CT molecular complexity index is 1550. The van der Waals surface area contributed by atoms with Gasteiger partial charge in [0.15, 0.2) is 0 Å². The van der Waals surface area contributed by atoms with Crippen LogP contribution in [-0.2, 0) is 20.9 Å². The lowest BCUT2D eigenvalue weighted by atomic mass is 9.84. The highest BCUT2D eigenvalue weighted by Crippen LogP contribution is 2.39. The molecule has 0 spiro atoms. The Balaban J connectivity index is 2.12. The van der Waals surface area contributed by atoms with Gasteiger partial charge in [0.1, 0.15) is 35.7 Å². The first-order chi connectivity index (χ1) is 22.4. The molecule has 0 aliphatic carbocycles. The maximum Gasteiger partial charge on any atom is 0.408 e. The largest absolute Gasteiger partial charge is 0.444 e. The Morgan fingerprint density at radius 2 is 1.69 bits per heavy atom. The van der Waals surface area contributed by atoms with Crippen molar-refractivity contribution in [3.8, 4) is 11.3 Å². The van der Waals surface area contributed by atoms with Crippen molar-refractivity contribution >= 4 is 17.9 Å². The van der Waals surface area contributed by atoms with Crippen LogP contribution >= 0.6 is 0 Å². The molecule has 12 nitrogen and oxygen atoms in total. The van der Waals surface area contributed by atoms with E-state index in [0.29, 0.717) is 5.82 Å². The maximum atomic E-state index is 15.0. The first-order valence-corrected chi connectivity index (χ1v) is 15.6. The molecule has 0 fully saturated rings. The molecule has 2 aromatic carbocycles. The second kappa shape index (κ2) is 16.1. The van der Waals surface area contributed by atoms with Crippen molar-refractivity contribution in [1.29, 1.82) is 0 Å². The fourth-order valence-electron chi connectivity index (χ4n) is 5.26. The van der Waals surface area contributed by atoms with Crippen LogP contribution in [0.15, 0.2) is 54.7 Å². The number of hydrogen-bond acceptors (Lipinski definition) is 8. The van der Waals surface area contributed by atoms with Crippen LogP contribution < -0.4 is 11.2 Å². The Hall–Kier alpha value is -4.40. The van der Waals surface area contributed by atoms with Gasteiger partial charge in [-0.05, 0) is 56.4 Å². The lowest BCUT2D eigenvalue weighted by Gasteiger charge is -2.40. The number of carbonyl (C=O) groups is 3. The van der Waals surface area contributed by atoms with Gasteiger partial charge < -0.3 is 29.7 Å². The number of nitrogens with one attached hydrogen (secondary N) is 1. The lowest BCUT2D eigenvalue weighted by Crippen LogP contribution is -2.54. The van der Waals surface area contributed by atoms with Crippen molar-refractivity contribution in [2.75, 3.05) is 26.3 Å². The van der Waals surface area contributed by atoms with E-state index in [1.165, 1.54) is 4.90 Å². The molecule has 0 saturated carbocycles. The number of hydrazine groups is 1. The topological polar surface area (TPSA) is 163 Å². The zero-order chi connectivity index (χ0) is 35.8. The molecule has 3 rings (SSSR count). The average Bonchev–Trinajstić information content (AvgIpc) is 3.40. The van der Waals surface area contributed by atoms with E-state index in [0.717, 1.165) is 28.8 Å². The second-order valence-corrected chi connectivity index (χ2v) is 13.5. The van der Waals surface area contributed by atoms with Gasteiger partial charge in [-0.3, -0.25) is 14.6 Å². The molecule has 48 heavy (non-hydrogen) atoms. The molecule has 3 aromatic rings. The maximum absolute atomic E-state index is 15.0. The molecule has 0 aliphatic rings. The third-order valence-corrected chi connectivity index (χ3v) is 7.31. The number of aliphatic hydroxyl groups excluding tert-OH is 2. The number of benzene rings is 2. The van der Waals surface area contributed by atoms with Crippen LogP contribution in [-0.4, -0.2) is 85.5 Å². The number of amides is 3. The molecular formula is C34H46F2N6O6. The number of halogens is 2. The Labute approximate surface area is 279 Å². The van der Waals surface area contributed by atoms with Gasteiger partial charge in [0.25, 0.3) is 5.91 Å². The molecule has 5 N–H and O–H groups in total. The number of alkyl carbamates (subject to hydrolysis) is 1. The van der Waals surface area contributed by atoms with Gasteiger partial charge in [0.05, 0.1) is 24.9 Å². The molecule has 1 heterocycles. The summed E-state index contributed by atoms with van der Waals surface area (Å²) in [6.07, 6.45) is 0.518. The van der Waals surface area contributed by atoms with Crippen molar-refractivity contribution in [3.05, 3.63) is 77.8 Å². The number of imidazole rings is 1. The van der Waals surface area contributed by atoms with Crippen LogP contribution in [0.5, 0.6) is 0 Å². The first-order valence-electron chi connectivity index (χ1n) is 15.6. The van der Waals surface area contributed by atoms with E-state index in [4.69, 9.17) is 15.6 Å². The zero-order valence-electron chi connectivity index (χ0n) is 28.2. The van der Waals surface area contributed by atoms with Crippen LogP contribution in [0.2, 0.25) is 0 Å². The number of hydrogen-bond donors (Lipinski definition) is 4. The Morgan fingerprint density at radius 1 is 1.02 bits per heavy atom. The zero-order valence-corrected chi connectivity index (χ0v) is 28.2. The number of ether oxygens (including phenoxy) is 1. The third kappa shape index (κ3) is 10.3. The van der Waals surface area contributed by atoms with Crippen LogP contribution in [0.25, 0.3) is 11.3 Å². The number of aromatic nitrogens is 2. The number of carbonyl (C=O) groups excluding carboxylic acids is 3. The fourth-order valence-corrected chi connectivity index (χ4v) is 5.26.